The number of rotatable bonds is 8. The van der Waals surface area contributed by atoms with Gasteiger partial charge >= 0.3 is 0 Å². The number of carbonyl (C=O) groups is 2. The largest absolute Gasteiger partial charge is 0.495 e. The highest BCUT2D eigenvalue weighted by Gasteiger charge is 2.26. The van der Waals surface area contributed by atoms with Crippen molar-refractivity contribution in [2.45, 2.75) is 25.7 Å². The van der Waals surface area contributed by atoms with E-state index in [2.05, 4.69) is 0 Å². The highest BCUT2D eigenvalue weighted by Crippen LogP contribution is 2.29. The van der Waals surface area contributed by atoms with E-state index < -0.39 is 10.0 Å². The van der Waals surface area contributed by atoms with Gasteiger partial charge in [-0.05, 0) is 31.4 Å². The summed E-state index contributed by atoms with van der Waals surface area (Å²) in [5, 5.41) is 0. The van der Waals surface area contributed by atoms with E-state index in [1.54, 1.807) is 29.2 Å². The van der Waals surface area contributed by atoms with Gasteiger partial charge in [0, 0.05) is 32.0 Å². The van der Waals surface area contributed by atoms with Crippen LogP contribution in [0.25, 0.3) is 0 Å². The number of methoxy groups -OCH3 is 1. The Labute approximate surface area is 160 Å². The number of anilines is 1. The molecule has 2 amide bonds. The summed E-state index contributed by atoms with van der Waals surface area (Å²) in [6.45, 7) is 1.20. The number of piperidine rings is 1. The van der Waals surface area contributed by atoms with Crippen LogP contribution in [0.3, 0.4) is 0 Å². The highest BCUT2D eigenvalue weighted by atomic mass is 32.2. The van der Waals surface area contributed by atoms with Gasteiger partial charge in [-0.15, -0.1) is 0 Å². The highest BCUT2D eigenvalue weighted by molar-refractivity contribution is 7.92. The predicted molar refractivity (Wildman–Crippen MR) is 103 cm³/mol. The summed E-state index contributed by atoms with van der Waals surface area (Å²) in [6, 6.07) is 6.88. The Balaban J connectivity index is 1.95. The molecule has 0 spiro atoms. The fourth-order valence-electron chi connectivity index (χ4n) is 3.25. The molecule has 1 aromatic rings. The fourth-order valence-corrected chi connectivity index (χ4v) is 4.22. The van der Waals surface area contributed by atoms with Gasteiger partial charge in [-0.1, -0.05) is 12.1 Å². The Morgan fingerprint density at radius 3 is 2.44 bits per heavy atom. The Morgan fingerprint density at radius 2 is 1.89 bits per heavy atom. The molecule has 1 fully saturated rings. The first-order valence-corrected chi connectivity index (χ1v) is 10.8. The molecule has 150 valence electrons. The number of hydrogen-bond acceptors (Lipinski definition) is 5. The maximum atomic E-state index is 12.4. The van der Waals surface area contributed by atoms with Gasteiger partial charge in [0.1, 0.15) is 5.75 Å². The SMILES string of the molecule is COc1ccccc1N(CCCC(=O)N1CCC(C(N)=O)CC1)S(C)(=O)=O. The molecule has 0 saturated carbocycles. The topological polar surface area (TPSA) is 110 Å². The van der Waals surface area contributed by atoms with Crippen LogP contribution in [0, 0.1) is 5.92 Å². The van der Waals surface area contributed by atoms with E-state index in [1.165, 1.54) is 11.4 Å². The molecule has 1 aliphatic heterocycles. The number of para-hydroxylation sites is 2. The average molecular weight is 397 g/mol. The molecule has 0 aromatic heterocycles. The molecule has 8 nitrogen and oxygen atoms in total. The van der Waals surface area contributed by atoms with Gasteiger partial charge in [0.25, 0.3) is 0 Å². The van der Waals surface area contributed by atoms with Crippen LogP contribution in [-0.4, -0.2) is 58.1 Å². The lowest BCUT2D eigenvalue weighted by molar-refractivity contribution is -0.134. The van der Waals surface area contributed by atoms with Crippen molar-refractivity contribution in [2.75, 3.05) is 37.3 Å². The van der Waals surface area contributed by atoms with Crippen LogP contribution in [0.15, 0.2) is 24.3 Å². The van der Waals surface area contributed by atoms with Gasteiger partial charge in [0.15, 0.2) is 0 Å². The second kappa shape index (κ2) is 9.07. The van der Waals surface area contributed by atoms with E-state index in [-0.39, 0.29) is 30.7 Å². The van der Waals surface area contributed by atoms with Crippen LogP contribution < -0.4 is 14.8 Å². The standard InChI is InChI=1S/C18H27N3O5S/c1-26-16-7-4-3-6-15(16)21(27(2,24)25)11-5-8-17(22)20-12-9-14(10-13-20)18(19)23/h3-4,6-7,14H,5,8-13H2,1-2H3,(H2,19,23). The molecule has 1 aliphatic rings. The first-order chi connectivity index (χ1) is 12.7. The van der Waals surface area contributed by atoms with Crippen molar-refractivity contribution in [1.29, 1.82) is 0 Å². The molecule has 2 rings (SSSR count). The van der Waals surface area contributed by atoms with Crippen LogP contribution in [0.1, 0.15) is 25.7 Å². The normalized spacial score (nSPS) is 15.4. The summed E-state index contributed by atoms with van der Waals surface area (Å²) in [4.78, 5) is 25.3. The second-order valence-electron chi connectivity index (χ2n) is 6.67. The molecule has 0 atom stereocenters. The van der Waals surface area contributed by atoms with Crippen molar-refractivity contribution < 1.29 is 22.7 Å². The third kappa shape index (κ3) is 5.59. The molecule has 0 radical (unpaired) electrons. The predicted octanol–water partition coefficient (Wildman–Crippen LogP) is 0.965. The van der Waals surface area contributed by atoms with Gasteiger partial charge in [0.2, 0.25) is 21.8 Å². The van der Waals surface area contributed by atoms with E-state index >= 15 is 0 Å². The Morgan fingerprint density at radius 1 is 1.26 bits per heavy atom. The summed E-state index contributed by atoms with van der Waals surface area (Å²) >= 11 is 0. The Bertz CT molecular complexity index is 773. The molecule has 2 N–H and O–H groups in total. The Hall–Kier alpha value is -2.29. The van der Waals surface area contributed by atoms with Crippen LogP contribution >= 0.6 is 0 Å². The molecule has 0 aliphatic carbocycles. The van der Waals surface area contributed by atoms with Gasteiger partial charge in [0.05, 0.1) is 19.1 Å². The van der Waals surface area contributed by atoms with Crippen molar-refractivity contribution in [1.82, 2.24) is 4.90 Å². The number of carbonyl (C=O) groups excluding carboxylic acids is 2. The molecular formula is C18H27N3O5S. The zero-order chi connectivity index (χ0) is 20.0. The van der Waals surface area contributed by atoms with Gasteiger partial charge < -0.3 is 15.4 Å². The van der Waals surface area contributed by atoms with Crippen LogP contribution in [0.5, 0.6) is 5.75 Å². The Kier molecular flexibility index (Phi) is 7.06. The molecule has 27 heavy (non-hydrogen) atoms. The third-order valence-electron chi connectivity index (χ3n) is 4.76. The minimum Gasteiger partial charge on any atom is -0.495 e. The maximum absolute atomic E-state index is 12.4. The number of benzene rings is 1. The number of nitrogens with zero attached hydrogens (tertiary/aromatic N) is 2. The molecule has 1 saturated heterocycles. The number of likely N-dealkylation sites (tertiary alicyclic amines) is 1. The summed E-state index contributed by atoms with van der Waals surface area (Å²) in [7, 11) is -2.03. The lowest BCUT2D eigenvalue weighted by Gasteiger charge is -2.31. The molecule has 0 bridgehead atoms. The van der Waals surface area contributed by atoms with Crippen molar-refractivity contribution in [2.24, 2.45) is 11.7 Å². The first kappa shape index (κ1) is 21.0. The van der Waals surface area contributed by atoms with E-state index in [9.17, 15) is 18.0 Å². The van der Waals surface area contributed by atoms with Gasteiger partial charge in [-0.3, -0.25) is 13.9 Å². The van der Waals surface area contributed by atoms with Crippen molar-refractivity contribution in [3.05, 3.63) is 24.3 Å². The smallest absolute Gasteiger partial charge is 0.232 e. The number of ether oxygens (including phenoxy) is 1. The quantitative estimate of drug-likeness (QED) is 0.703. The van der Waals surface area contributed by atoms with Crippen molar-refractivity contribution in [3.8, 4) is 5.75 Å². The number of primary amides is 1. The minimum absolute atomic E-state index is 0.0357. The number of hydrogen-bond donors (Lipinski definition) is 1. The molecule has 1 aromatic carbocycles. The van der Waals surface area contributed by atoms with Crippen molar-refractivity contribution >= 4 is 27.5 Å². The van der Waals surface area contributed by atoms with Crippen LogP contribution in [0.2, 0.25) is 0 Å². The lowest BCUT2D eigenvalue weighted by Crippen LogP contribution is -2.42. The summed E-state index contributed by atoms with van der Waals surface area (Å²) < 4.78 is 30.9. The van der Waals surface area contributed by atoms with Crippen LogP contribution in [-0.2, 0) is 19.6 Å². The van der Waals surface area contributed by atoms with Crippen molar-refractivity contribution in [3.63, 3.8) is 0 Å². The van der Waals surface area contributed by atoms with E-state index in [0.29, 0.717) is 43.8 Å². The van der Waals surface area contributed by atoms with E-state index in [0.717, 1.165) is 6.26 Å². The van der Waals surface area contributed by atoms with Gasteiger partial charge in [-0.25, -0.2) is 8.42 Å². The third-order valence-corrected chi connectivity index (χ3v) is 5.94. The fraction of sp³-hybridized carbons (Fsp3) is 0.556. The number of nitrogens with two attached hydrogens (primary N) is 1. The summed E-state index contributed by atoms with van der Waals surface area (Å²) in [5.41, 5.74) is 5.76. The summed E-state index contributed by atoms with van der Waals surface area (Å²) in [5.74, 6) is -0.0582. The number of sulfonamides is 1. The monoisotopic (exact) mass is 397 g/mol. The first-order valence-electron chi connectivity index (χ1n) is 8.92. The summed E-state index contributed by atoms with van der Waals surface area (Å²) in [6.07, 6.45) is 2.92. The minimum atomic E-state index is -3.51. The molecular weight excluding hydrogens is 370 g/mol. The van der Waals surface area contributed by atoms with Gasteiger partial charge in [-0.2, -0.15) is 0 Å². The average Bonchev–Trinajstić information content (AvgIpc) is 2.64. The number of amides is 2. The second-order valence-corrected chi connectivity index (χ2v) is 8.57. The van der Waals surface area contributed by atoms with E-state index in [4.69, 9.17) is 10.5 Å². The zero-order valence-corrected chi connectivity index (χ0v) is 16.6. The molecule has 9 heteroatoms. The van der Waals surface area contributed by atoms with E-state index in [1.807, 2.05) is 0 Å². The lowest BCUT2D eigenvalue weighted by atomic mass is 9.96. The zero-order valence-electron chi connectivity index (χ0n) is 15.8. The molecule has 0 unspecified atom stereocenters. The molecule has 1 heterocycles. The maximum Gasteiger partial charge on any atom is 0.232 e. The van der Waals surface area contributed by atoms with Crippen LogP contribution in [0.4, 0.5) is 5.69 Å².